The fraction of sp³-hybridized carbons (Fsp3) is 0.485. The maximum absolute atomic E-state index is 13.9. The molecule has 1 saturated heterocycles. The summed E-state index contributed by atoms with van der Waals surface area (Å²) in [5, 5.41) is 0.433. The van der Waals surface area contributed by atoms with E-state index in [2.05, 4.69) is 27.7 Å². The molecule has 3 aromatic rings. The van der Waals surface area contributed by atoms with Crippen molar-refractivity contribution in [2.24, 2.45) is 11.3 Å². The van der Waals surface area contributed by atoms with Crippen molar-refractivity contribution in [2.75, 3.05) is 19.7 Å². The molecule has 1 aliphatic heterocycles. The molecule has 1 aromatic heterocycles. The largest absolute Gasteiger partial charge is 0.464 e. The van der Waals surface area contributed by atoms with Crippen LogP contribution in [0.1, 0.15) is 64.5 Å². The number of carbonyl (C=O) groups excluding carboxylic acids is 2. The monoisotopic (exact) mass is 564 g/mol. The second-order valence-electron chi connectivity index (χ2n) is 12.4. The summed E-state index contributed by atoms with van der Waals surface area (Å²) in [6.07, 6.45) is 4.27. The third-order valence-corrected chi connectivity index (χ3v) is 7.36. The maximum Gasteiger partial charge on any atom is 0.242 e. The minimum absolute atomic E-state index is 0.00817. The molecule has 0 spiro atoms. The molecular weight excluding hydrogens is 523 g/mol. The molecule has 4 rings (SSSR count). The van der Waals surface area contributed by atoms with Crippen molar-refractivity contribution in [3.8, 4) is 0 Å². The van der Waals surface area contributed by atoms with Gasteiger partial charge in [-0.15, -0.1) is 0 Å². The van der Waals surface area contributed by atoms with E-state index in [1.165, 1.54) is 23.3 Å². The quantitative estimate of drug-likeness (QED) is 0.288. The van der Waals surface area contributed by atoms with E-state index in [9.17, 15) is 18.8 Å². The maximum atomic E-state index is 13.9. The lowest BCUT2D eigenvalue weighted by molar-refractivity contribution is -0.143. The van der Waals surface area contributed by atoms with E-state index in [-0.39, 0.29) is 60.1 Å². The number of halogens is 1. The first-order valence-corrected chi connectivity index (χ1v) is 14.4. The molecule has 8 heteroatoms. The van der Waals surface area contributed by atoms with Crippen LogP contribution < -0.4 is 5.43 Å². The molecule has 2 atom stereocenters. The van der Waals surface area contributed by atoms with Gasteiger partial charge in [-0.1, -0.05) is 52.0 Å². The van der Waals surface area contributed by atoms with E-state index < -0.39 is 0 Å². The Morgan fingerprint density at radius 3 is 2.44 bits per heavy atom. The Bertz CT molecular complexity index is 1390. The van der Waals surface area contributed by atoms with Gasteiger partial charge in [0.1, 0.15) is 11.4 Å². The second kappa shape index (κ2) is 13.4. The number of ether oxygens (including phenoxy) is 1. The van der Waals surface area contributed by atoms with Crippen LogP contribution in [0, 0.1) is 17.2 Å². The Kier molecular flexibility index (Phi) is 9.97. The Morgan fingerprint density at radius 2 is 1.76 bits per heavy atom. The van der Waals surface area contributed by atoms with Crippen LogP contribution in [-0.4, -0.2) is 47.4 Å². The van der Waals surface area contributed by atoms with Crippen LogP contribution in [0.15, 0.2) is 64.0 Å². The summed E-state index contributed by atoms with van der Waals surface area (Å²) < 4.78 is 25.1. The summed E-state index contributed by atoms with van der Waals surface area (Å²) in [6.45, 7) is 9.51. The van der Waals surface area contributed by atoms with Gasteiger partial charge in [-0.25, -0.2) is 4.39 Å². The number of nitrogens with zero attached hydrogens (tertiary/aromatic N) is 2. The van der Waals surface area contributed by atoms with E-state index in [0.717, 1.165) is 19.3 Å². The van der Waals surface area contributed by atoms with Gasteiger partial charge in [0.05, 0.1) is 36.4 Å². The zero-order chi connectivity index (χ0) is 29.6. The number of benzene rings is 2. The summed E-state index contributed by atoms with van der Waals surface area (Å²) in [6, 6.07) is 12.9. The Balaban J connectivity index is 1.58. The number of hydrogen-bond acceptors (Lipinski definition) is 5. The number of para-hydroxylation sites is 1. The number of rotatable bonds is 11. The summed E-state index contributed by atoms with van der Waals surface area (Å²) >= 11 is 0. The van der Waals surface area contributed by atoms with E-state index in [4.69, 9.17) is 9.15 Å². The molecule has 0 N–H and O–H groups in total. The summed E-state index contributed by atoms with van der Waals surface area (Å²) in [7, 11) is 0. The molecule has 2 aromatic carbocycles. The molecule has 0 aliphatic carbocycles. The highest BCUT2D eigenvalue weighted by molar-refractivity contribution is 5.85. The van der Waals surface area contributed by atoms with Crippen molar-refractivity contribution in [1.29, 1.82) is 0 Å². The predicted octanol–water partition coefficient (Wildman–Crippen LogP) is 5.93. The summed E-state index contributed by atoms with van der Waals surface area (Å²) in [5.41, 5.74) is 1.38. The summed E-state index contributed by atoms with van der Waals surface area (Å²) in [4.78, 5) is 43.8. The van der Waals surface area contributed by atoms with Crippen LogP contribution in [0.3, 0.4) is 0 Å². The van der Waals surface area contributed by atoms with Crippen molar-refractivity contribution < 1.29 is 23.1 Å². The second-order valence-corrected chi connectivity index (χ2v) is 12.4. The highest BCUT2D eigenvalue weighted by atomic mass is 19.1. The van der Waals surface area contributed by atoms with Crippen molar-refractivity contribution in [3.05, 3.63) is 82.0 Å². The first kappa shape index (κ1) is 30.4. The number of carbonyl (C=O) groups is 2. The van der Waals surface area contributed by atoms with Crippen LogP contribution in [-0.2, 0) is 27.4 Å². The zero-order valence-corrected chi connectivity index (χ0v) is 24.5. The van der Waals surface area contributed by atoms with E-state index >= 15 is 0 Å². The van der Waals surface area contributed by atoms with Crippen molar-refractivity contribution in [3.63, 3.8) is 0 Å². The van der Waals surface area contributed by atoms with Crippen LogP contribution in [0.25, 0.3) is 11.0 Å². The van der Waals surface area contributed by atoms with E-state index in [1.54, 1.807) is 41.3 Å². The van der Waals surface area contributed by atoms with Gasteiger partial charge in [-0.2, -0.15) is 0 Å². The molecule has 2 heterocycles. The van der Waals surface area contributed by atoms with Crippen LogP contribution >= 0.6 is 0 Å². The highest BCUT2D eigenvalue weighted by Crippen LogP contribution is 2.27. The van der Waals surface area contributed by atoms with Crippen molar-refractivity contribution in [2.45, 2.75) is 72.6 Å². The molecule has 1 aliphatic rings. The number of amides is 2. The molecule has 7 nitrogen and oxygen atoms in total. The van der Waals surface area contributed by atoms with Crippen molar-refractivity contribution >= 4 is 22.8 Å². The number of fused-ring (bicyclic) bond motifs is 1. The summed E-state index contributed by atoms with van der Waals surface area (Å²) in [5.74, 6) is -0.615. The SMILES string of the molecule is CC(CC(=O)N(CC(=O)N(Cc1ccc(F)cc1)Cc1coc2ccccc2c1=O)CC1CCCO1)CC(C)(C)C. The smallest absolute Gasteiger partial charge is 0.242 e. The first-order chi connectivity index (χ1) is 19.5. The minimum Gasteiger partial charge on any atom is -0.464 e. The average Bonchev–Trinajstić information content (AvgIpc) is 3.42. The van der Waals surface area contributed by atoms with Gasteiger partial charge in [0.2, 0.25) is 11.8 Å². The highest BCUT2D eigenvalue weighted by Gasteiger charge is 2.28. The van der Waals surface area contributed by atoms with Gasteiger partial charge in [0, 0.05) is 26.1 Å². The van der Waals surface area contributed by atoms with Gasteiger partial charge >= 0.3 is 0 Å². The van der Waals surface area contributed by atoms with Gasteiger partial charge in [-0.3, -0.25) is 14.4 Å². The molecule has 41 heavy (non-hydrogen) atoms. The molecule has 2 amide bonds. The van der Waals surface area contributed by atoms with Crippen molar-refractivity contribution in [1.82, 2.24) is 9.80 Å². The molecular formula is C33H41FN2O5. The van der Waals surface area contributed by atoms with Gasteiger partial charge in [0.15, 0.2) is 5.43 Å². The minimum atomic E-state index is -0.375. The van der Waals surface area contributed by atoms with Crippen LogP contribution in [0.2, 0.25) is 0 Å². The Morgan fingerprint density at radius 1 is 1.02 bits per heavy atom. The lowest BCUT2D eigenvalue weighted by atomic mass is 9.84. The number of hydrogen-bond donors (Lipinski definition) is 0. The Hall–Kier alpha value is -3.52. The molecule has 0 radical (unpaired) electrons. The van der Waals surface area contributed by atoms with E-state index in [0.29, 0.717) is 41.7 Å². The first-order valence-electron chi connectivity index (χ1n) is 14.4. The molecule has 2 unspecified atom stereocenters. The predicted molar refractivity (Wildman–Crippen MR) is 157 cm³/mol. The van der Waals surface area contributed by atoms with Crippen LogP contribution in [0.4, 0.5) is 4.39 Å². The lowest BCUT2D eigenvalue weighted by Crippen LogP contribution is -2.46. The molecule has 220 valence electrons. The van der Waals surface area contributed by atoms with Crippen LogP contribution in [0.5, 0.6) is 0 Å². The fourth-order valence-corrected chi connectivity index (χ4v) is 5.57. The van der Waals surface area contributed by atoms with Gasteiger partial charge in [0.25, 0.3) is 0 Å². The molecule has 0 bridgehead atoms. The Labute approximate surface area is 241 Å². The van der Waals surface area contributed by atoms with Gasteiger partial charge in [-0.05, 0) is 60.4 Å². The molecule has 1 fully saturated rings. The third kappa shape index (κ3) is 8.73. The normalized spacial score (nSPS) is 16.1. The zero-order valence-electron chi connectivity index (χ0n) is 24.5. The fourth-order valence-electron chi connectivity index (χ4n) is 5.57. The van der Waals surface area contributed by atoms with Gasteiger partial charge < -0.3 is 19.0 Å². The molecule has 0 saturated carbocycles. The average molecular weight is 565 g/mol. The third-order valence-electron chi connectivity index (χ3n) is 7.36. The topological polar surface area (TPSA) is 80.1 Å². The lowest BCUT2D eigenvalue weighted by Gasteiger charge is -2.30. The standard InChI is InChI=1S/C33H41FN2O5/c1-23(17-33(2,3)4)16-30(37)36(20-27-8-7-15-40-27)21-31(38)35(18-24-11-13-26(34)14-12-24)19-25-22-41-29-10-6-5-9-28(29)32(25)39/h5-6,9-14,22-23,27H,7-8,15-21H2,1-4H3. The van der Waals surface area contributed by atoms with E-state index in [1.807, 2.05) is 0 Å².